The van der Waals surface area contributed by atoms with E-state index in [0.29, 0.717) is 24.5 Å². The van der Waals surface area contributed by atoms with Gasteiger partial charge in [0.15, 0.2) is 0 Å². The molecule has 0 heterocycles. The molecule has 0 radical (unpaired) electrons. The molecule has 4 nitrogen and oxygen atoms in total. The maximum absolute atomic E-state index is 12.1. The molecule has 0 amide bonds. The van der Waals surface area contributed by atoms with Crippen LogP contribution in [0.1, 0.15) is 46.5 Å². The zero-order valence-corrected chi connectivity index (χ0v) is 12.5. The second-order valence-corrected chi connectivity index (χ2v) is 8.56. The molecule has 2 rings (SSSR count). The summed E-state index contributed by atoms with van der Waals surface area (Å²) in [5.74, 6) is 0.796. The normalized spacial score (nSPS) is 24.2. The Hall–Kier alpha value is -0.130. The molecule has 2 aliphatic carbocycles. The van der Waals surface area contributed by atoms with E-state index in [9.17, 15) is 8.42 Å². The van der Waals surface area contributed by atoms with Crippen LogP contribution in [0, 0.1) is 11.3 Å². The minimum absolute atomic E-state index is 0.323. The van der Waals surface area contributed by atoms with E-state index >= 15 is 0 Å². The van der Waals surface area contributed by atoms with Gasteiger partial charge in [-0.2, -0.15) is 0 Å². The van der Waals surface area contributed by atoms with Gasteiger partial charge in [-0.1, -0.05) is 13.8 Å². The van der Waals surface area contributed by atoms with Crippen LogP contribution >= 0.6 is 0 Å². The largest absolute Gasteiger partial charge is 0.313 e. The molecule has 0 aromatic carbocycles. The topological polar surface area (TPSA) is 58.2 Å². The Labute approximate surface area is 111 Å². The fraction of sp³-hybridized carbons (Fsp3) is 1.00. The lowest BCUT2D eigenvalue weighted by Crippen LogP contribution is -2.42. The molecule has 106 valence electrons. The van der Waals surface area contributed by atoms with E-state index in [1.165, 1.54) is 25.7 Å². The molecule has 2 N–H and O–H groups in total. The molecule has 0 saturated heterocycles. The molecule has 0 aliphatic heterocycles. The van der Waals surface area contributed by atoms with Gasteiger partial charge in [0.1, 0.15) is 0 Å². The van der Waals surface area contributed by atoms with Gasteiger partial charge >= 0.3 is 0 Å². The van der Waals surface area contributed by atoms with E-state index in [0.717, 1.165) is 5.92 Å². The first-order chi connectivity index (χ1) is 8.36. The predicted octanol–water partition coefficient (Wildman–Crippen LogP) is 1.48. The molecule has 5 heteroatoms. The standard InChI is InChI=1S/C13H26N2O2S/c1-10(2)14-8-11(3)18(16,17)15-9-13(6-7-13)12-4-5-12/h10-12,14-15H,4-9H2,1-3H3. The molecular weight excluding hydrogens is 248 g/mol. The molecule has 2 fully saturated rings. The van der Waals surface area contributed by atoms with Gasteiger partial charge in [0, 0.05) is 19.1 Å². The maximum atomic E-state index is 12.1. The summed E-state index contributed by atoms with van der Waals surface area (Å²) in [4.78, 5) is 0. The Bertz CT molecular complexity index is 384. The van der Waals surface area contributed by atoms with Gasteiger partial charge in [-0.25, -0.2) is 13.1 Å². The zero-order valence-electron chi connectivity index (χ0n) is 11.7. The monoisotopic (exact) mass is 274 g/mol. The average Bonchev–Trinajstić information content (AvgIpc) is 3.15. The first-order valence-electron chi connectivity index (χ1n) is 7.08. The summed E-state index contributed by atoms with van der Waals surface area (Å²) >= 11 is 0. The van der Waals surface area contributed by atoms with Gasteiger partial charge in [-0.15, -0.1) is 0 Å². The number of sulfonamides is 1. The molecule has 1 atom stereocenters. The van der Waals surface area contributed by atoms with E-state index in [1.54, 1.807) is 6.92 Å². The summed E-state index contributed by atoms with van der Waals surface area (Å²) in [7, 11) is -3.17. The van der Waals surface area contributed by atoms with E-state index in [-0.39, 0.29) is 5.25 Å². The summed E-state index contributed by atoms with van der Waals surface area (Å²) < 4.78 is 27.1. The van der Waals surface area contributed by atoms with Crippen molar-refractivity contribution in [2.75, 3.05) is 13.1 Å². The van der Waals surface area contributed by atoms with Gasteiger partial charge < -0.3 is 5.32 Å². The third kappa shape index (κ3) is 3.45. The van der Waals surface area contributed by atoms with Crippen molar-refractivity contribution >= 4 is 10.0 Å². The minimum Gasteiger partial charge on any atom is -0.313 e. The van der Waals surface area contributed by atoms with Crippen LogP contribution in [-0.2, 0) is 10.0 Å². The highest BCUT2D eigenvalue weighted by Crippen LogP contribution is 2.60. The van der Waals surface area contributed by atoms with E-state index in [4.69, 9.17) is 0 Å². The van der Waals surface area contributed by atoms with Crippen LogP contribution in [0.3, 0.4) is 0 Å². The molecular formula is C13H26N2O2S. The molecule has 0 bridgehead atoms. The van der Waals surface area contributed by atoms with E-state index in [1.807, 2.05) is 13.8 Å². The number of hydrogen-bond acceptors (Lipinski definition) is 3. The Morgan fingerprint density at radius 2 is 1.83 bits per heavy atom. The van der Waals surface area contributed by atoms with Crippen LogP contribution in [0.4, 0.5) is 0 Å². The highest BCUT2D eigenvalue weighted by atomic mass is 32.2. The molecule has 0 aromatic rings. The molecule has 18 heavy (non-hydrogen) atoms. The average molecular weight is 274 g/mol. The van der Waals surface area contributed by atoms with Crippen LogP contribution < -0.4 is 10.0 Å². The highest BCUT2D eigenvalue weighted by Gasteiger charge is 2.53. The summed E-state index contributed by atoms with van der Waals surface area (Å²) in [5.41, 5.74) is 0.332. The molecule has 1 unspecified atom stereocenters. The molecule has 0 aromatic heterocycles. The van der Waals surface area contributed by atoms with Crippen LogP contribution in [-0.4, -0.2) is 32.8 Å². The second-order valence-electron chi connectivity index (χ2n) is 6.38. The van der Waals surface area contributed by atoms with Crippen molar-refractivity contribution in [1.29, 1.82) is 0 Å². The molecule has 2 aliphatic rings. The van der Waals surface area contributed by atoms with Crippen LogP contribution in [0.5, 0.6) is 0 Å². The smallest absolute Gasteiger partial charge is 0.215 e. The van der Waals surface area contributed by atoms with Crippen LogP contribution in [0.2, 0.25) is 0 Å². The Balaban J connectivity index is 1.79. The number of nitrogens with one attached hydrogen (secondary N) is 2. The van der Waals surface area contributed by atoms with Crippen molar-refractivity contribution < 1.29 is 8.42 Å². The minimum atomic E-state index is -3.17. The van der Waals surface area contributed by atoms with Crippen molar-refractivity contribution in [2.45, 2.75) is 57.7 Å². The third-order valence-electron chi connectivity index (χ3n) is 4.30. The van der Waals surface area contributed by atoms with Crippen molar-refractivity contribution in [1.82, 2.24) is 10.0 Å². The number of rotatable bonds is 8. The van der Waals surface area contributed by atoms with Gasteiger partial charge in [-0.3, -0.25) is 0 Å². The first-order valence-corrected chi connectivity index (χ1v) is 8.62. The lowest BCUT2D eigenvalue weighted by molar-refractivity contribution is 0.429. The first kappa shape index (κ1) is 14.3. The summed E-state index contributed by atoms with van der Waals surface area (Å²) in [6.07, 6.45) is 5.01. The molecule has 2 saturated carbocycles. The van der Waals surface area contributed by atoms with E-state index < -0.39 is 10.0 Å². The second kappa shape index (κ2) is 5.10. The quantitative estimate of drug-likeness (QED) is 0.705. The van der Waals surface area contributed by atoms with Crippen LogP contribution in [0.25, 0.3) is 0 Å². The maximum Gasteiger partial charge on any atom is 0.215 e. The summed E-state index contributed by atoms with van der Waals surface area (Å²) in [6, 6.07) is 0.323. The fourth-order valence-electron chi connectivity index (χ4n) is 2.48. The van der Waals surface area contributed by atoms with Crippen molar-refractivity contribution in [3.63, 3.8) is 0 Å². The summed E-state index contributed by atoms with van der Waals surface area (Å²) in [5, 5.41) is 2.81. The molecule has 0 spiro atoms. The third-order valence-corrected chi connectivity index (χ3v) is 6.08. The predicted molar refractivity (Wildman–Crippen MR) is 73.9 cm³/mol. The van der Waals surface area contributed by atoms with Crippen LogP contribution in [0.15, 0.2) is 0 Å². The SMILES string of the molecule is CC(C)NCC(C)S(=O)(=O)NCC1(C2CC2)CC1. The van der Waals surface area contributed by atoms with Gasteiger partial charge in [0.2, 0.25) is 10.0 Å². The van der Waals surface area contributed by atoms with E-state index in [2.05, 4.69) is 10.0 Å². The van der Waals surface area contributed by atoms with Gasteiger partial charge in [0.05, 0.1) is 5.25 Å². The Morgan fingerprint density at radius 1 is 1.22 bits per heavy atom. The Morgan fingerprint density at radius 3 is 2.28 bits per heavy atom. The lowest BCUT2D eigenvalue weighted by Gasteiger charge is -2.19. The summed E-state index contributed by atoms with van der Waals surface area (Å²) in [6.45, 7) is 7.00. The lowest BCUT2D eigenvalue weighted by atomic mass is 10.0. The van der Waals surface area contributed by atoms with Crippen molar-refractivity contribution in [3.8, 4) is 0 Å². The fourth-order valence-corrected chi connectivity index (χ4v) is 3.57. The van der Waals surface area contributed by atoms with Gasteiger partial charge in [-0.05, 0) is 43.9 Å². The van der Waals surface area contributed by atoms with Gasteiger partial charge in [0.25, 0.3) is 0 Å². The number of hydrogen-bond donors (Lipinski definition) is 2. The zero-order chi connectivity index (χ0) is 13.4. The van der Waals surface area contributed by atoms with Crippen molar-refractivity contribution in [3.05, 3.63) is 0 Å². The Kier molecular flexibility index (Phi) is 4.04. The highest BCUT2D eigenvalue weighted by molar-refractivity contribution is 7.90. The van der Waals surface area contributed by atoms with Crippen molar-refractivity contribution in [2.24, 2.45) is 11.3 Å².